The molecule has 1 heterocycles. The summed E-state index contributed by atoms with van der Waals surface area (Å²) in [5.41, 5.74) is 0.653. The van der Waals surface area contributed by atoms with E-state index in [4.69, 9.17) is 9.84 Å². The largest absolute Gasteiger partial charge is 0.461 e. The Balaban J connectivity index is 2.47. The third-order valence-electron chi connectivity index (χ3n) is 1.66. The van der Waals surface area contributed by atoms with Gasteiger partial charge in [-0.15, -0.1) is 0 Å². The molecule has 0 saturated carbocycles. The van der Waals surface area contributed by atoms with E-state index in [2.05, 4.69) is 0 Å². The van der Waals surface area contributed by atoms with Gasteiger partial charge in [0.2, 0.25) is 6.29 Å². The van der Waals surface area contributed by atoms with Crippen LogP contribution in [0, 0.1) is 5.82 Å². The molecule has 12 heavy (non-hydrogen) atoms. The third-order valence-corrected chi connectivity index (χ3v) is 1.66. The third kappa shape index (κ3) is 1.19. The molecule has 1 atom stereocenters. The number of benzene rings is 1. The van der Waals surface area contributed by atoms with Gasteiger partial charge in [-0.2, -0.15) is 0 Å². The molecule has 0 aromatic heterocycles. The maximum atomic E-state index is 12.6. The van der Waals surface area contributed by atoms with Crippen LogP contribution in [0.3, 0.4) is 0 Å². The zero-order chi connectivity index (χ0) is 8.55. The smallest absolute Gasteiger partial charge is 0.217 e. The highest BCUT2D eigenvalue weighted by Crippen LogP contribution is 2.25. The number of fused-ring (bicyclic) bond motifs is 1. The maximum Gasteiger partial charge on any atom is 0.217 e. The molecular formula is C9H7FO2. The zero-order valence-corrected chi connectivity index (χ0v) is 6.20. The second-order valence-electron chi connectivity index (χ2n) is 2.55. The van der Waals surface area contributed by atoms with Crippen LogP contribution in [0.15, 0.2) is 24.3 Å². The van der Waals surface area contributed by atoms with Gasteiger partial charge in [0, 0.05) is 5.56 Å². The van der Waals surface area contributed by atoms with Gasteiger partial charge in [0.05, 0.1) is 0 Å². The molecule has 0 amide bonds. The van der Waals surface area contributed by atoms with Crippen LogP contribution in [0.5, 0.6) is 5.75 Å². The predicted octanol–water partition coefficient (Wildman–Crippen LogP) is 1.55. The molecule has 0 bridgehead atoms. The van der Waals surface area contributed by atoms with Crippen molar-refractivity contribution in [2.45, 2.75) is 6.29 Å². The predicted molar refractivity (Wildman–Crippen MR) is 42.1 cm³/mol. The van der Waals surface area contributed by atoms with Crippen molar-refractivity contribution in [3.63, 3.8) is 0 Å². The fourth-order valence-electron chi connectivity index (χ4n) is 1.11. The highest BCUT2D eigenvalue weighted by Gasteiger charge is 2.11. The number of aliphatic hydroxyl groups excluding tert-OH is 1. The molecule has 3 heteroatoms. The average molecular weight is 166 g/mol. The Morgan fingerprint density at radius 3 is 3.08 bits per heavy atom. The molecule has 0 fully saturated rings. The number of rotatable bonds is 0. The quantitative estimate of drug-likeness (QED) is 0.633. The lowest BCUT2D eigenvalue weighted by molar-refractivity contribution is 0.0230. The van der Waals surface area contributed by atoms with E-state index in [0.29, 0.717) is 11.3 Å². The SMILES string of the molecule is OC1C=Cc2cc(F)ccc2O1. The van der Waals surface area contributed by atoms with Crippen molar-refractivity contribution in [3.8, 4) is 5.75 Å². The monoisotopic (exact) mass is 166 g/mol. The van der Waals surface area contributed by atoms with Gasteiger partial charge in [0.25, 0.3) is 0 Å². The van der Waals surface area contributed by atoms with Crippen LogP contribution in [0.25, 0.3) is 6.08 Å². The van der Waals surface area contributed by atoms with E-state index in [9.17, 15) is 4.39 Å². The van der Waals surface area contributed by atoms with Crippen molar-refractivity contribution >= 4 is 6.08 Å². The summed E-state index contributed by atoms with van der Waals surface area (Å²) in [6, 6.07) is 4.15. The molecule has 0 spiro atoms. The molecule has 1 unspecified atom stereocenters. The van der Waals surface area contributed by atoms with Crippen LogP contribution in [-0.2, 0) is 0 Å². The normalized spacial score (nSPS) is 20.0. The van der Waals surface area contributed by atoms with Gasteiger partial charge in [-0.3, -0.25) is 0 Å². The van der Waals surface area contributed by atoms with Gasteiger partial charge < -0.3 is 9.84 Å². The second kappa shape index (κ2) is 2.60. The summed E-state index contributed by atoms with van der Waals surface area (Å²) in [5.74, 6) is 0.199. The fourth-order valence-corrected chi connectivity index (χ4v) is 1.11. The lowest BCUT2D eigenvalue weighted by atomic mass is 10.1. The number of aliphatic hydroxyl groups is 1. The van der Waals surface area contributed by atoms with Crippen molar-refractivity contribution in [1.82, 2.24) is 0 Å². The second-order valence-corrected chi connectivity index (χ2v) is 2.55. The van der Waals surface area contributed by atoms with E-state index in [1.54, 1.807) is 6.08 Å². The van der Waals surface area contributed by atoms with Crippen LogP contribution < -0.4 is 4.74 Å². The first-order chi connectivity index (χ1) is 5.75. The van der Waals surface area contributed by atoms with E-state index in [-0.39, 0.29) is 5.82 Å². The van der Waals surface area contributed by atoms with E-state index in [1.807, 2.05) is 0 Å². The standard InChI is InChI=1S/C9H7FO2/c10-7-2-3-8-6(5-7)1-4-9(11)12-8/h1-5,9,11H. The van der Waals surface area contributed by atoms with Crippen LogP contribution in [-0.4, -0.2) is 11.4 Å². The Morgan fingerprint density at radius 2 is 2.25 bits per heavy atom. The van der Waals surface area contributed by atoms with E-state index in [0.717, 1.165) is 0 Å². The minimum Gasteiger partial charge on any atom is -0.461 e. The number of hydrogen-bond acceptors (Lipinski definition) is 2. The molecule has 1 aromatic carbocycles. The summed E-state index contributed by atoms with van der Waals surface area (Å²) in [5, 5.41) is 9.02. The van der Waals surface area contributed by atoms with Crippen molar-refractivity contribution in [2.24, 2.45) is 0 Å². The topological polar surface area (TPSA) is 29.5 Å². The molecule has 1 N–H and O–H groups in total. The van der Waals surface area contributed by atoms with Crippen LogP contribution >= 0.6 is 0 Å². The Labute approximate surface area is 68.9 Å². The Bertz CT molecular complexity index is 333. The minimum absolute atomic E-state index is 0.307. The summed E-state index contributed by atoms with van der Waals surface area (Å²) in [7, 11) is 0. The first kappa shape index (κ1) is 7.31. The molecular weight excluding hydrogens is 159 g/mol. The molecule has 0 aliphatic carbocycles. The minimum atomic E-state index is -0.914. The Hall–Kier alpha value is -1.35. The highest BCUT2D eigenvalue weighted by molar-refractivity contribution is 5.59. The number of halogens is 1. The van der Waals surface area contributed by atoms with E-state index < -0.39 is 6.29 Å². The molecule has 0 saturated heterocycles. The summed E-state index contributed by atoms with van der Waals surface area (Å²) < 4.78 is 17.6. The zero-order valence-electron chi connectivity index (χ0n) is 6.20. The van der Waals surface area contributed by atoms with E-state index >= 15 is 0 Å². The Morgan fingerprint density at radius 1 is 1.42 bits per heavy atom. The van der Waals surface area contributed by atoms with Gasteiger partial charge in [-0.05, 0) is 30.4 Å². The number of hydrogen-bond donors (Lipinski definition) is 1. The first-order valence-electron chi connectivity index (χ1n) is 3.58. The van der Waals surface area contributed by atoms with Gasteiger partial charge in [0.1, 0.15) is 11.6 Å². The molecule has 1 aliphatic rings. The molecule has 1 aromatic rings. The highest BCUT2D eigenvalue weighted by atomic mass is 19.1. The van der Waals surface area contributed by atoms with Crippen molar-refractivity contribution < 1.29 is 14.2 Å². The molecule has 2 nitrogen and oxygen atoms in total. The molecule has 2 rings (SSSR count). The van der Waals surface area contributed by atoms with Gasteiger partial charge in [-0.25, -0.2) is 4.39 Å². The molecule has 62 valence electrons. The average Bonchev–Trinajstić information content (AvgIpc) is 2.05. The van der Waals surface area contributed by atoms with Crippen molar-refractivity contribution in [3.05, 3.63) is 35.7 Å². The van der Waals surface area contributed by atoms with Crippen molar-refractivity contribution in [2.75, 3.05) is 0 Å². The van der Waals surface area contributed by atoms with Crippen LogP contribution in [0.2, 0.25) is 0 Å². The van der Waals surface area contributed by atoms with Gasteiger partial charge >= 0.3 is 0 Å². The Kier molecular flexibility index (Phi) is 1.59. The first-order valence-corrected chi connectivity index (χ1v) is 3.58. The van der Waals surface area contributed by atoms with Gasteiger partial charge in [-0.1, -0.05) is 0 Å². The van der Waals surface area contributed by atoms with Crippen LogP contribution in [0.4, 0.5) is 4.39 Å². The fraction of sp³-hybridized carbons (Fsp3) is 0.111. The van der Waals surface area contributed by atoms with Crippen molar-refractivity contribution in [1.29, 1.82) is 0 Å². The summed E-state index contributed by atoms with van der Waals surface area (Å²) in [4.78, 5) is 0. The summed E-state index contributed by atoms with van der Waals surface area (Å²) in [6.07, 6.45) is 2.18. The maximum absolute atomic E-state index is 12.6. The summed E-state index contributed by atoms with van der Waals surface area (Å²) >= 11 is 0. The lowest BCUT2D eigenvalue weighted by Crippen LogP contribution is -2.15. The summed E-state index contributed by atoms with van der Waals surface area (Å²) in [6.45, 7) is 0. The molecule has 1 aliphatic heterocycles. The lowest BCUT2D eigenvalue weighted by Gasteiger charge is -2.16. The van der Waals surface area contributed by atoms with Crippen LogP contribution in [0.1, 0.15) is 5.56 Å². The number of ether oxygens (including phenoxy) is 1. The molecule has 0 radical (unpaired) electrons. The van der Waals surface area contributed by atoms with E-state index in [1.165, 1.54) is 24.3 Å². The van der Waals surface area contributed by atoms with Gasteiger partial charge in [0.15, 0.2) is 0 Å².